The van der Waals surface area contributed by atoms with Crippen molar-refractivity contribution in [2.75, 3.05) is 16.8 Å². The van der Waals surface area contributed by atoms with Gasteiger partial charge in [0.05, 0.1) is 23.0 Å². The van der Waals surface area contributed by atoms with Gasteiger partial charge < -0.3 is 9.80 Å². The maximum atomic E-state index is 14.8. The molecule has 1 aliphatic carbocycles. The molecule has 0 radical (unpaired) electrons. The molecule has 1 aromatic carbocycles. The Bertz CT molecular complexity index is 1160. The molecule has 33 heavy (non-hydrogen) atoms. The Labute approximate surface area is 190 Å². The van der Waals surface area contributed by atoms with E-state index in [0.717, 1.165) is 25.3 Å². The highest BCUT2D eigenvalue weighted by molar-refractivity contribution is 5.68. The predicted octanol–water partition coefficient (Wildman–Crippen LogP) is 6.67. The number of pyridine rings is 1. The Morgan fingerprint density at radius 2 is 1.88 bits per heavy atom. The van der Waals surface area contributed by atoms with Crippen LogP contribution in [-0.4, -0.2) is 17.6 Å². The molecule has 1 aromatic heterocycles. The van der Waals surface area contributed by atoms with Gasteiger partial charge in [0.1, 0.15) is 17.7 Å². The molecule has 1 heterocycles. The van der Waals surface area contributed by atoms with E-state index >= 15 is 0 Å². The van der Waals surface area contributed by atoms with Gasteiger partial charge in [-0.1, -0.05) is 19.2 Å². The van der Waals surface area contributed by atoms with E-state index in [1.54, 1.807) is 37.1 Å². The molecule has 172 valence electrons. The third kappa shape index (κ3) is 4.36. The number of alkyl halides is 3. The summed E-state index contributed by atoms with van der Waals surface area (Å²) < 4.78 is 55.2. The zero-order valence-corrected chi connectivity index (χ0v) is 18.5. The Morgan fingerprint density at radius 1 is 1.21 bits per heavy atom. The van der Waals surface area contributed by atoms with Gasteiger partial charge in [0.15, 0.2) is 5.69 Å². The largest absolute Gasteiger partial charge is 0.419 e. The molecule has 0 bridgehead atoms. The average molecular weight is 456 g/mol. The van der Waals surface area contributed by atoms with Gasteiger partial charge in [-0.05, 0) is 56.0 Å². The summed E-state index contributed by atoms with van der Waals surface area (Å²) in [5.41, 5.74) is -0.860. The van der Waals surface area contributed by atoms with Crippen molar-refractivity contribution in [3.05, 3.63) is 84.7 Å². The molecule has 0 N–H and O–H groups in total. The monoisotopic (exact) mass is 456 g/mol. The molecule has 3 rings (SSSR count). The minimum atomic E-state index is -4.74. The Morgan fingerprint density at radius 3 is 2.33 bits per heavy atom. The molecule has 2 aromatic rings. The molecule has 0 atom stereocenters. The molecule has 0 aliphatic heterocycles. The second kappa shape index (κ2) is 8.74. The van der Waals surface area contributed by atoms with Crippen LogP contribution in [0.15, 0.2) is 62.1 Å². The molecule has 0 spiro atoms. The second-order valence-corrected chi connectivity index (χ2v) is 8.12. The third-order valence-corrected chi connectivity index (χ3v) is 6.03. The normalized spacial score (nSPS) is 14.6. The first kappa shape index (κ1) is 24.1. The van der Waals surface area contributed by atoms with Crippen molar-refractivity contribution in [3.63, 3.8) is 0 Å². The van der Waals surface area contributed by atoms with Crippen LogP contribution >= 0.6 is 0 Å². The van der Waals surface area contributed by atoms with Gasteiger partial charge in [0.25, 0.3) is 0 Å². The molecule has 4 nitrogen and oxygen atoms in total. The van der Waals surface area contributed by atoms with Gasteiger partial charge in [0.2, 0.25) is 0 Å². The van der Waals surface area contributed by atoms with E-state index in [0.29, 0.717) is 22.6 Å². The van der Waals surface area contributed by atoms with Gasteiger partial charge in [-0.2, -0.15) is 18.4 Å². The number of benzene rings is 1. The number of nitrogens with zero attached hydrogens (tertiary/aromatic N) is 4. The second-order valence-electron chi connectivity index (χ2n) is 8.12. The lowest BCUT2D eigenvalue weighted by atomic mass is 9.75. The van der Waals surface area contributed by atoms with Gasteiger partial charge in [-0.3, -0.25) is 0 Å². The minimum absolute atomic E-state index is 0.0916. The van der Waals surface area contributed by atoms with Crippen LogP contribution in [0.25, 0.3) is 5.57 Å². The standard InChI is InChI=1S/C25H24F4N4/c1-6-24(10-7-11-24)33(18-8-9-20(16(2)3)22(26)13-18)17(4)32(5)19-12-21(25(27,28)29)23(14-30)31-15-19/h6,8-9,12-13,15H,1-2,4,7,10-11H2,3,5H3. The maximum Gasteiger partial charge on any atom is 0.419 e. The molecule has 1 aliphatic rings. The first-order chi connectivity index (χ1) is 15.4. The molecule has 1 saturated carbocycles. The Hall–Kier alpha value is -3.60. The zero-order valence-electron chi connectivity index (χ0n) is 18.5. The van der Waals surface area contributed by atoms with Gasteiger partial charge in [-0.25, -0.2) is 9.37 Å². The van der Waals surface area contributed by atoms with Crippen LogP contribution in [0.4, 0.5) is 28.9 Å². The zero-order chi connectivity index (χ0) is 24.6. The molecule has 8 heteroatoms. The van der Waals surface area contributed by atoms with E-state index in [-0.39, 0.29) is 5.69 Å². The van der Waals surface area contributed by atoms with Crippen LogP contribution in [0.5, 0.6) is 0 Å². The number of anilines is 2. The van der Waals surface area contributed by atoms with Crippen molar-refractivity contribution in [1.82, 2.24) is 4.98 Å². The number of halogens is 4. The van der Waals surface area contributed by atoms with E-state index in [1.165, 1.54) is 23.2 Å². The SMILES string of the molecule is C=CC1(N(C(=C)N(C)c2cnc(C#N)c(C(F)(F)F)c2)c2ccc(C(=C)C)c(F)c2)CCC1. The quantitative estimate of drug-likeness (QED) is 0.345. The lowest BCUT2D eigenvalue weighted by Crippen LogP contribution is -2.54. The third-order valence-electron chi connectivity index (χ3n) is 6.03. The fourth-order valence-electron chi connectivity index (χ4n) is 3.95. The van der Waals surface area contributed by atoms with Crippen molar-refractivity contribution in [1.29, 1.82) is 5.26 Å². The summed E-state index contributed by atoms with van der Waals surface area (Å²) in [5.74, 6) is -0.143. The van der Waals surface area contributed by atoms with Crippen LogP contribution < -0.4 is 9.80 Å². The van der Waals surface area contributed by atoms with Crippen LogP contribution in [0.3, 0.4) is 0 Å². The summed E-state index contributed by atoms with van der Waals surface area (Å²) in [5, 5.41) is 9.02. The Balaban J connectivity index is 2.08. The highest BCUT2D eigenvalue weighted by Gasteiger charge is 2.43. The first-order valence-corrected chi connectivity index (χ1v) is 10.2. The van der Waals surface area contributed by atoms with Crippen LogP contribution in [-0.2, 0) is 6.18 Å². The topological polar surface area (TPSA) is 43.2 Å². The van der Waals surface area contributed by atoms with Gasteiger partial charge in [0, 0.05) is 18.3 Å². The van der Waals surface area contributed by atoms with Gasteiger partial charge in [-0.15, -0.1) is 6.58 Å². The van der Waals surface area contributed by atoms with Crippen molar-refractivity contribution < 1.29 is 17.6 Å². The number of hydrogen-bond donors (Lipinski definition) is 0. The summed E-state index contributed by atoms with van der Waals surface area (Å²) in [6, 6.07) is 7.05. The van der Waals surface area contributed by atoms with Crippen molar-refractivity contribution >= 4 is 16.9 Å². The number of nitriles is 1. The van der Waals surface area contributed by atoms with E-state index in [9.17, 15) is 17.6 Å². The summed E-state index contributed by atoms with van der Waals surface area (Å²) in [4.78, 5) is 6.92. The van der Waals surface area contributed by atoms with Crippen molar-refractivity contribution in [2.45, 2.75) is 37.9 Å². The van der Waals surface area contributed by atoms with Gasteiger partial charge >= 0.3 is 6.18 Å². The maximum absolute atomic E-state index is 14.8. The number of rotatable bonds is 7. The van der Waals surface area contributed by atoms with Crippen LogP contribution in [0.2, 0.25) is 0 Å². The Kier molecular flexibility index (Phi) is 6.37. The lowest BCUT2D eigenvalue weighted by molar-refractivity contribution is -0.138. The summed E-state index contributed by atoms with van der Waals surface area (Å²) >= 11 is 0. The van der Waals surface area contributed by atoms with Crippen molar-refractivity contribution in [3.8, 4) is 6.07 Å². The van der Waals surface area contributed by atoms with E-state index in [2.05, 4.69) is 24.7 Å². The summed E-state index contributed by atoms with van der Waals surface area (Å²) in [6.07, 6.45) is 0.580. The number of aromatic nitrogens is 1. The minimum Gasteiger partial charge on any atom is -0.330 e. The molecule has 0 saturated heterocycles. The fourth-order valence-corrected chi connectivity index (χ4v) is 3.95. The molecular weight excluding hydrogens is 432 g/mol. The number of hydrogen-bond acceptors (Lipinski definition) is 4. The highest BCUT2D eigenvalue weighted by atomic mass is 19.4. The molecule has 0 amide bonds. The molecular formula is C25H24F4N4. The van der Waals surface area contributed by atoms with Crippen LogP contribution in [0.1, 0.15) is 43.0 Å². The fraction of sp³-hybridized carbons (Fsp3) is 0.280. The number of allylic oxidation sites excluding steroid dienone is 1. The highest BCUT2D eigenvalue weighted by Crippen LogP contribution is 2.45. The smallest absolute Gasteiger partial charge is 0.330 e. The van der Waals surface area contributed by atoms with Crippen molar-refractivity contribution in [2.24, 2.45) is 0 Å². The summed E-state index contributed by atoms with van der Waals surface area (Å²) in [7, 11) is 1.55. The van der Waals surface area contributed by atoms with Crippen LogP contribution in [0, 0.1) is 17.1 Å². The lowest BCUT2D eigenvalue weighted by Gasteiger charge is -2.51. The first-order valence-electron chi connectivity index (χ1n) is 10.2. The van der Waals surface area contributed by atoms with E-state index in [4.69, 9.17) is 5.26 Å². The van der Waals surface area contributed by atoms with E-state index < -0.39 is 28.8 Å². The summed E-state index contributed by atoms with van der Waals surface area (Å²) in [6.45, 7) is 13.5. The predicted molar refractivity (Wildman–Crippen MR) is 122 cm³/mol. The van der Waals surface area contributed by atoms with E-state index in [1.807, 2.05) is 0 Å². The molecule has 1 fully saturated rings. The average Bonchev–Trinajstić information content (AvgIpc) is 2.73. The molecule has 0 unspecified atom stereocenters.